The molecule has 0 saturated carbocycles. The highest BCUT2D eigenvalue weighted by Crippen LogP contribution is 2.33. The van der Waals surface area contributed by atoms with Crippen molar-refractivity contribution in [3.63, 3.8) is 0 Å². The van der Waals surface area contributed by atoms with E-state index in [1.807, 2.05) is 33.7 Å². The fraction of sp³-hybridized carbons (Fsp3) is 0.571. The number of nitrogens with one attached hydrogen (secondary N) is 1. The summed E-state index contributed by atoms with van der Waals surface area (Å²) in [5.74, 6) is 0.568. The van der Waals surface area contributed by atoms with Crippen LogP contribution in [0.5, 0.6) is 0 Å². The number of imidazole rings is 1. The molecule has 4 rings (SSSR count). The van der Waals surface area contributed by atoms with Crippen LogP contribution in [0.1, 0.15) is 35.2 Å². The van der Waals surface area contributed by atoms with Crippen LogP contribution >= 0.6 is 0 Å². The van der Waals surface area contributed by atoms with Crippen LogP contribution in [0.4, 0.5) is 4.79 Å². The molecule has 9 nitrogen and oxygen atoms in total. The first-order chi connectivity index (χ1) is 14.6. The van der Waals surface area contributed by atoms with Gasteiger partial charge in [0.2, 0.25) is 0 Å². The van der Waals surface area contributed by atoms with E-state index in [9.17, 15) is 9.59 Å². The molecule has 1 N–H and O–H groups in total. The van der Waals surface area contributed by atoms with Crippen LogP contribution in [0.3, 0.4) is 0 Å². The molecule has 0 aliphatic carbocycles. The maximum Gasteiger partial charge on any atom is 0.320 e. The lowest BCUT2D eigenvalue weighted by atomic mass is 10.2. The summed E-state index contributed by atoms with van der Waals surface area (Å²) in [7, 11) is 3.52. The third-order valence-corrected chi connectivity index (χ3v) is 5.79. The summed E-state index contributed by atoms with van der Waals surface area (Å²) in [6.07, 6.45) is 3.68. The van der Waals surface area contributed by atoms with E-state index in [2.05, 4.69) is 10.2 Å². The molecule has 2 aliphatic rings. The van der Waals surface area contributed by atoms with Gasteiger partial charge in [-0.2, -0.15) is 0 Å². The smallest absolute Gasteiger partial charge is 0.320 e. The Labute approximate surface area is 176 Å². The summed E-state index contributed by atoms with van der Waals surface area (Å²) in [5, 5.41) is 3.01. The Morgan fingerprint density at radius 3 is 2.80 bits per heavy atom. The normalized spacial score (nSPS) is 19.9. The molecule has 3 amide bonds. The largest absolute Gasteiger partial charge is 0.379 e. The second-order valence-electron chi connectivity index (χ2n) is 8.01. The molecular weight excluding hydrogens is 384 g/mol. The number of fused-ring (bicyclic) bond motifs is 1. The minimum absolute atomic E-state index is 0.0262. The number of likely N-dealkylation sites (tertiary alicyclic amines) is 1. The van der Waals surface area contributed by atoms with Gasteiger partial charge in [0.15, 0.2) is 5.69 Å². The van der Waals surface area contributed by atoms with Gasteiger partial charge in [0.05, 0.1) is 24.8 Å². The van der Waals surface area contributed by atoms with Crippen molar-refractivity contribution in [3.8, 4) is 0 Å². The molecule has 1 atom stereocenters. The maximum absolute atomic E-state index is 12.9. The van der Waals surface area contributed by atoms with Crippen LogP contribution < -0.4 is 5.32 Å². The first-order valence-corrected chi connectivity index (χ1v) is 10.6. The predicted octanol–water partition coefficient (Wildman–Crippen LogP) is 1.21. The van der Waals surface area contributed by atoms with Gasteiger partial charge in [-0.15, -0.1) is 0 Å². The van der Waals surface area contributed by atoms with Crippen molar-refractivity contribution >= 4 is 17.5 Å². The van der Waals surface area contributed by atoms with Crippen LogP contribution in [-0.4, -0.2) is 96.1 Å². The van der Waals surface area contributed by atoms with Gasteiger partial charge >= 0.3 is 6.03 Å². The van der Waals surface area contributed by atoms with Gasteiger partial charge < -0.3 is 24.3 Å². The summed E-state index contributed by atoms with van der Waals surface area (Å²) in [4.78, 5) is 36.0. The molecule has 2 aliphatic heterocycles. The number of ether oxygens (including phenoxy) is 1. The van der Waals surface area contributed by atoms with E-state index < -0.39 is 0 Å². The fourth-order valence-corrected chi connectivity index (χ4v) is 4.22. The van der Waals surface area contributed by atoms with E-state index in [0.717, 1.165) is 57.0 Å². The SMILES string of the molecule is CN(C)C(=O)N1CCC[C@@H]1c1nc(C(=O)NCCN2CCOCC2)c2ccccn12. The van der Waals surface area contributed by atoms with Gasteiger partial charge in [-0.05, 0) is 25.0 Å². The molecule has 2 saturated heterocycles. The molecule has 2 aromatic heterocycles. The first-order valence-electron chi connectivity index (χ1n) is 10.6. The zero-order valence-corrected chi connectivity index (χ0v) is 17.7. The highest BCUT2D eigenvalue weighted by atomic mass is 16.5. The molecule has 0 radical (unpaired) electrons. The molecule has 30 heavy (non-hydrogen) atoms. The summed E-state index contributed by atoms with van der Waals surface area (Å²) >= 11 is 0. The lowest BCUT2D eigenvalue weighted by Gasteiger charge is -2.27. The molecule has 0 spiro atoms. The van der Waals surface area contributed by atoms with Crippen molar-refractivity contribution < 1.29 is 14.3 Å². The number of carbonyl (C=O) groups excluding carboxylic acids is 2. The van der Waals surface area contributed by atoms with Crippen molar-refractivity contribution in [3.05, 3.63) is 35.9 Å². The number of hydrogen-bond donors (Lipinski definition) is 1. The van der Waals surface area contributed by atoms with Crippen molar-refractivity contribution in [2.75, 3.05) is 60.0 Å². The third kappa shape index (κ3) is 4.13. The lowest BCUT2D eigenvalue weighted by molar-refractivity contribution is 0.0383. The van der Waals surface area contributed by atoms with Crippen LogP contribution in [0.2, 0.25) is 0 Å². The van der Waals surface area contributed by atoms with Gasteiger partial charge in [-0.1, -0.05) is 6.07 Å². The standard InChI is InChI=1S/C21H30N6O3/c1-24(2)21(29)27-10-5-7-17(27)19-23-18(16-6-3-4-9-26(16)19)20(28)22-8-11-25-12-14-30-15-13-25/h3-4,6,9,17H,5,7-8,10-15H2,1-2H3,(H,22,28)/t17-/m1/s1. The third-order valence-electron chi connectivity index (χ3n) is 5.79. The fourth-order valence-electron chi connectivity index (χ4n) is 4.22. The van der Waals surface area contributed by atoms with Gasteiger partial charge in [-0.3, -0.25) is 9.69 Å². The number of amides is 3. The van der Waals surface area contributed by atoms with Gasteiger partial charge in [0.25, 0.3) is 5.91 Å². The highest BCUT2D eigenvalue weighted by Gasteiger charge is 2.34. The molecule has 0 unspecified atom stereocenters. The molecule has 4 heterocycles. The van der Waals surface area contributed by atoms with E-state index in [0.29, 0.717) is 18.8 Å². The second kappa shape index (κ2) is 9.01. The number of pyridine rings is 1. The van der Waals surface area contributed by atoms with E-state index in [1.54, 1.807) is 19.0 Å². The molecule has 9 heteroatoms. The maximum atomic E-state index is 12.9. The van der Waals surface area contributed by atoms with Gasteiger partial charge in [0.1, 0.15) is 5.82 Å². The average Bonchev–Trinajstić information content (AvgIpc) is 3.38. The highest BCUT2D eigenvalue weighted by molar-refractivity contribution is 5.99. The Kier molecular flexibility index (Phi) is 6.19. The lowest BCUT2D eigenvalue weighted by Crippen LogP contribution is -2.41. The van der Waals surface area contributed by atoms with Crippen LogP contribution in [-0.2, 0) is 4.74 Å². The zero-order chi connectivity index (χ0) is 21.1. The molecular formula is C21H30N6O3. The first kappa shape index (κ1) is 20.6. The quantitative estimate of drug-likeness (QED) is 0.796. The van der Waals surface area contributed by atoms with Crippen LogP contribution in [0, 0.1) is 0 Å². The minimum Gasteiger partial charge on any atom is -0.379 e. The van der Waals surface area contributed by atoms with Crippen LogP contribution in [0.25, 0.3) is 5.52 Å². The molecule has 2 fully saturated rings. The number of nitrogens with zero attached hydrogens (tertiary/aromatic N) is 5. The number of hydrogen-bond acceptors (Lipinski definition) is 5. The summed E-state index contributed by atoms with van der Waals surface area (Å²) in [6, 6.07) is 5.57. The molecule has 162 valence electrons. The van der Waals surface area contributed by atoms with E-state index >= 15 is 0 Å². The Morgan fingerprint density at radius 2 is 2.03 bits per heavy atom. The van der Waals surface area contributed by atoms with E-state index in [4.69, 9.17) is 9.72 Å². The predicted molar refractivity (Wildman–Crippen MR) is 113 cm³/mol. The molecule has 0 bridgehead atoms. The number of urea groups is 1. The summed E-state index contributed by atoms with van der Waals surface area (Å²) in [5.41, 5.74) is 1.18. The van der Waals surface area contributed by atoms with Crippen molar-refractivity contribution in [2.24, 2.45) is 0 Å². The molecule has 2 aromatic rings. The number of aromatic nitrogens is 2. The topological polar surface area (TPSA) is 82.4 Å². The molecule has 0 aromatic carbocycles. The Balaban J connectivity index is 1.53. The number of rotatable bonds is 5. The van der Waals surface area contributed by atoms with Gasteiger partial charge in [-0.25, -0.2) is 9.78 Å². The van der Waals surface area contributed by atoms with Crippen molar-refractivity contribution in [2.45, 2.75) is 18.9 Å². The van der Waals surface area contributed by atoms with Crippen LogP contribution in [0.15, 0.2) is 24.4 Å². The Hall–Kier alpha value is -2.65. The number of carbonyl (C=O) groups is 2. The minimum atomic E-state index is -0.179. The van der Waals surface area contributed by atoms with Crippen molar-refractivity contribution in [1.82, 2.24) is 29.4 Å². The summed E-state index contributed by atoms with van der Waals surface area (Å²) < 4.78 is 7.31. The summed E-state index contributed by atoms with van der Waals surface area (Å²) in [6.45, 7) is 5.33. The second-order valence-corrected chi connectivity index (χ2v) is 8.01. The van der Waals surface area contributed by atoms with Gasteiger partial charge in [0, 0.05) is 53.0 Å². The monoisotopic (exact) mass is 414 g/mol. The number of morpholine rings is 1. The van der Waals surface area contributed by atoms with Crippen molar-refractivity contribution in [1.29, 1.82) is 0 Å². The van der Waals surface area contributed by atoms with E-state index in [-0.39, 0.29) is 18.0 Å². The Morgan fingerprint density at radius 1 is 1.23 bits per heavy atom. The average molecular weight is 415 g/mol. The Bertz CT molecular complexity index is 905. The zero-order valence-electron chi connectivity index (χ0n) is 17.7. The van der Waals surface area contributed by atoms with E-state index in [1.165, 1.54) is 0 Å².